The van der Waals surface area contributed by atoms with Crippen molar-refractivity contribution in [1.29, 1.82) is 0 Å². The van der Waals surface area contributed by atoms with E-state index in [2.05, 4.69) is 11.4 Å². The number of hydrogen-bond acceptors (Lipinski definition) is 3. The normalized spacial score (nSPS) is 27.4. The van der Waals surface area contributed by atoms with Crippen molar-refractivity contribution in [3.63, 3.8) is 0 Å². The predicted molar refractivity (Wildman–Crippen MR) is 66.7 cm³/mol. The minimum atomic E-state index is 0.608. The Morgan fingerprint density at radius 1 is 1.41 bits per heavy atom. The SMILES string of the molecule is COc1ccc2c(c1)CC(C1CCCN1)CO2. The van der Waals surface area contributed by atoms with E-state index >= 15 is 0 Å². The van der Waals surface area contributed by atoms with Crippen molar-refractivity contribution in [2.24, 2.45) is 5.92 Å². The molecular weight excluding hydrogens is 214 g/mol. The fourth-order valence-electron chi connectivity index (χ4n) is 2.89. The van der Waals surface area contributed by atoms with Crippen molar-refractivity contribution in [1.82, 2.24) is 5.32 Å². The molecule has 0 bridgehead atoms. The largest absolute Gasteiger partial charge is 0.497 e. The molecule has 1 N–H and O–H groups in total. The van der Waals surface area contributed by atoms with Crippen LogP contribution in [0.4, 0.5) is 0 Å². The van der Waals surface area contributed by atoms with Crippen LogP contribution in [-0.4, -0.2) is 26.3 Å². The van der Waals surface area contributed by atoms with E-state index in [4.69, 9.17) is 9.47 Å². The molecule has 1 aromatic rings. The molecule has 3 nitrogen and oxygen atoms in total. The van der Waals surface area contributed by atoms with Gasteiger partial charge in [0.2, 0.25) is 0 Å². The molecule has 0 aliphatic carbocycles. The van der Waals surface area contributed by atoms with Crippen LogP contribution in [0, 0.1) is 5.92 Å². The Hall–Kier alpha value is -1.22. The molecule has 17 heavy (non-hydrogen) atoms. The average molecular weight is 233 g/mol. The van der Waals surface area contributed by atoms with Crippen molar-refractivity contribution in [2.75, 3.05) is 20.3 Å². The molecular formula is C14H19NO2. The molecule has 1 fully saturated rings. The van der Waals surface area contributed by atoms with Crippen LogP contribution in [0.5, 0.6) is 11.5 Å². The summed E-state index contributed by atoms with van der Waals surface area (Å²) in [6, 6.07) is 6.73. The van der Waals surface area contributed by atoms with Crippen molar-refractivity contribution < 1.29 is 9.47 Å². The summed E-state index contributed by atoms with van der Waals surface area (Å²) in [6.07, 6.45) is 3.68. The highest BCUT2D eigenvalue weighted by Crippen LogP contribution is 2.33. The zero-order valence-electron chi connectivity index (χ0n) is 10.2. The monoisotopic (exact) mass is 233 g/mol. The first-order valence-corrected chi connectivity index (χ1v) is 6.40. The Bertz CT molecular complexity index is 399. The average Bonchev–Trinajstić information content (AvgIpc) is 2.91. The third-order valence-corrected chi connectivity index (χ3v) is 3.87. The molecule has 0 aromatic heterocycles. The summed E-state index contributed by atoms with van der Waals surface area (Å²) in [5, 5.41) is 3.57. The molecule has 1 saturated heterocycles. The number of benzene rings is 1. The maximum atomic E-state index is 5.85. The lowest BCUT2D eigenvalue weighted by atomic mass is 9.89. The van der Waals surface area contributed by atoms with Gasteiger partial charge in [-0.1, -0.05) is 0 Å². The molecule has 2 atom stereocenters. The number of nitrogens with one attached hydrogen (secondary N) is 1. The topological polar surface area (TPSA) is 30.5 Å². The van der Waals surface area contributed by atoms with Crippen LogP contribution in [0.2, 0.25) is 0 Å². The van der Waals surface area contributed by atoms with Crippen LogP contribution in [0.3, 0.4) is 0 Å². The minimum Gasteiger partial charge on any atom is -0.497 e. The van der Waals surface area contributed by atoms with Crippen LogP contribution >= 0.6 is 0 Å². The summed E-state index contributed by atoms with van der Waals surface area (Å²) >= 11 is 0. The van der Waals surface area contributed by atoms with Gasteiger partial charge in [-0.05, 0) is 49.6 Å². The van der Waals surface area contributed by atoms with Gasteiger partial charge >= 0.3 is 0 Å². The zero-order valence-corrected chi connectivity index (χ0v) is 10.2. The summed E-state index contributed by atoms with van der Waals surface area (Å²) < 4.78 is 11.1. The van der Waals surface area contributed by atoms with Crippen molar-refractivity contribution in [3.05, 3.63) is 23.8 Å². The second-order valence-electron chi connectivity index (χ2n) is 4.95. The quantitative estimate of drug-likeness (QED) is 0.847. The van der Waals surface area contributed by atoms with E-state index in [1.165, 1.54) is 18.4 Å². The first-order chi connectivity index (χ1) is 8.36. The van der Waals surface area contributed by atoms with Crippen LogP contribution in [0.25, 0.3) is 0 Å². The third-order valence-electron chi connectivity index (χ3n) is 3.87. The highest BCUT2D eigenvalue weighted by atomic mass is 16.5. The van der Waals surface area contributed by atoms with Gasteiger partial charge in [-0.2, -0.15) is 0 Å². The zero-order chi connectivity index (χ0) is 11.7. The summed E-state index contributed by atoms with van der Waals surface area (Å²) in [7, 11) is 1.71. The van der Waals surface area contributed by atoms with Gasteiger partial charge in [0.05, 0.1) is 13.7 Å². The van der Waals surface area contributed by atoms with Gasteiger partial charge in [0.15, 0.2) is 0 Å². The minimum absolute atomic E-state index is 0.608. The van der Waals surface area contributed by atoms with Crippen LogP contribution in [0.15, 0.2) is 18.2 Å². The fraction of sp³-hybridized carbons (Fsp3) is 0.571. The first-order valence-electron chi connectivity index (χ1n) is 6.40. The Labute approximate surface area is 102 Å². The first kappa shape index (κ1) is 10.9. The molecule has 0 radical (unpaired) electrons. The standard InChI is InChI=1S/C14H19NO2/c1-16-12-4-5-14-10(8-12)7-11(9-17-14)13-3-2-6-15-13/h4-5,8,11,13,15H,2-3,6-7,9H2,1H3. The van der Waals surface area contributed by atoms with Crippen molar-refractivity contribution in [2.45, 2.75) is 25.3 Å². The van der Waals surface area contributed by atoms with Crippen molar-refractivity contribution >= 4 is 0 Å². The Morgan fingerprint density at radius 3 is 3.12 bits per heavy atom. The van der Waals surface area contributed by atoms with E-state index in [1.807, 2.05) is 12.1 Å². The van der Waals surface area contributed by atoms with E-state index in [-0.39, 0.29) is 0 Å². The van der Waals surface area contributed by atoms with Crippen molar-refractivity contribution in [3.8, 4) is 11.5 Å². The third kappa shape index (κ3) is 2.12. The van der Waals surface area contributed by atoms with E-state index in [9.17, 15) is 0 Å². The maximum Gasteiger partial charge on any atom is 0.122 e. The molecule has 0 saturated carbocycles. The van der Waals surface area contributed by atoms with Crippen LogP contribution < -0.4 is 14.8 Å². The molecule has 2 heterocycles. The van der Waals surface area contributed by atoms with Gasteiger partial charge in [-0.25, -0.2) is 0 Å². The lowest BCUT2D eigenvalue weighted by Crippen LogP contribution is -2.37. The molecule has 2 aliphatic heterocycles. The number of fused-ring (bicyclic) bond motifs is 1. The van der Waals surface area contributed by atoms with Gasteiger partial charge < -0.3 is 14.8 Å². The van der Waals surface area contributed by atoms with Gasteiger partial charge in [0, 0.05) is 12.0 Å². The van der Waals surface area contributed by atoms with Gasteiger partial charge in [-0.3, -0.25) is 0 Å². The predicted octanol–water partition coefficient (Wildman–Crippen LogP) is 2.00. The van der Waals surface area contributed by atoms with E-state index in [0.29, 0.717) is 12.0 Å². The highest BCUT2D eigenvalue weighted by Gasteiger charge is 2.29. The lowest BCUT2D eigenvalue weighted by Gasteiger charge is -2.29. The molecule has 0 spiro atoms. The molecule has 0 amide bonds. The summed E-state index contributed by atoms with van der Waals surface area (Å²) in [5.41, 5.74) is 1.29. The smallest absolute Gasteiger partial charge is 0.122 e. The summed E-state index contributed by atoms with van der Waals surface area (Å²) in [5.74, 6) is 2.56. The maximum absolute atomic E-state index is 5.85. The Kier molecular flexibility index (Phi) is 2.93. The van der Waals surface area contributed by atoms with Crippen LogP contribution in [0.1, 0.15) is 18.4 Å². The molecule has 3 heteroatoms. The van der Waals surface area contributed by atoms with E-state index in [1.54, 1.807) is 7.11 Å². The summed E-state index contributed by atoms with van der Waals surface area (Å²) in [4.78, 5) is 0. The van der Waals surface area contributed by atoms with Gasteiger partial charge in [-0.15, -0.1) is 0 Å². The number of hydrogen-bond donors (Lipinski definition) is 1. The Morgan fingerprint density at radius 2 is 2.35 bits per heavy atom. The van der Waals surface area contributed by atoms with E-state index < -0.39 is 0 Å². The highest BCUT2D eigenvalue weighted by molar-refractivity contribution is 5.41. The number of methoxy groups -OCH3 is 1. The number of ether oxygens (including phenoxy) is 2. The lowest BCUT2D eigenvalue weighted by molar-refractivity contribution is 0.191. The second kappa shape index (κ2) is 4.57. The molecule has 1 aromatic carbocycles. The fourth-order valence-corrected chi connectivity index (χ4v) is 2.89. The molecule has 2 aliphatic rings. The van der Waals surface area contributed by atoms with Crippen LogP contribution in [-0.2, 0) is 6.42 Å². The molecule has 3 rings (SSSR count). The number of rotatable bonds is 2. The van der Waals surface area contributed by atoms with Gasteiger partial charge in [0.1, 0.15) is 11.5 Å². The molecule has 92 valence electrons. The second-order valence-corrected chi connectivity index (χ2v) is 4.95. The summed E-state index contributed by atoms with van der Waals surface area (Å²) in [6.45, 7) is 2.00. The van der Waals surface area contributed by atoms with Gasteiger partial charge in [0.25, 0.3) is 0 Å². The molecule has 2 unspecified atom stereocenters. The van der Waals surface area contributed by atoms with E-state index in [0.717, 1.165) is 31.1 Å². The Balaban J connectivity index is 1.78.